The maximum atomic E-state index is 12.6. The van der Waals surface area contributed by atoms with E-state index in [9.17, 15) is 4.79 Å². The van der Waals surface area contributed by atoms with Crippen LogP contribution in [0.1, 0.15) is 41.0 Å². The van der Waals surface area contributed by atoms with Crippen LogP contribution in [0.4, 0.5) is 10.5 Å². The van der Waals surface area contributed by atoms with E-state index in [2.05, 4.69) is 42.4 Å². The fourth-order valence-electron chi connectivity index (χ4n) is 2.67. The Balaban J connectivity index is 0.00000101. The minimum Gasteiger partial charge on any atom is -0.497 e. The molecule has 0 saturated carbocycles. The van der Waals surface area contributed by atoms with Crippen LogP contribution in [-0.4, -0.2) is 41.5 Å². The number of rotatable bonds is 4. The molecule has 0 atom stereocenters. The third kappa shape index (κ3) is 7.91. The molecule has 1 aromatic heterocycles. The van der Waals surface area contributed by atoms with Gasteiger partial charge in [-0.2, -0.15) is 4.68 Å². The lowest BCUT2D eigenvalue weighted by Crippen LogP contribution is -2.27. The first kappa shape index (κ1) is 28.7. The fourth-order valence-corrected chi connectivity index (χ4v) is 4.13. The Morgan fingerprint density at radius 2 is 1.88 bits per heavy atom. The van der Waals surface area contributed by atoms with Crippen molar-refractivity contribution in [2.45, 2.75) is 56.4 Å². The number of carbonyl (C=O) groups excluding carboxylic acids is 1. The molecule has 33 heavy (non-hydrogen) atoms. The zero-order chi connectivity index (χ0) is 25.2. The molecule has 3 aromatic rings. The van der Waals surface area contributed by atoms with Crippen LogP contribution < -0.4 is 10.1 Å². The lowest BCUT2D eigenvalue weighted by molar-refractivity contribution is 0.0522. The lowest BCUT2D eigenvalue weighted by Gasteiger charge is -2.19. The molecule has 0 unspecified atom stereocenters. The molecule has 0 spiro atoms. The van der Waals surface area contributed by atoms with Crippen molar-refractivity contribution >= 4 is 64.1 Å². The molecule has 0 radical (unpaired) electrons. The van der Waals surface area contributed by atoms with Gasteiger partial charge >= 0.3 is 6.09 Å². The number of hydrogen-bond acceptors (Lipinski definition) is 7. The van der Waals surface area contributed by atoms with Crippen molar-refractivity contribution in [3.05, 3.63) is 41.6 Å². The second-order valence-corrected chi connectivity index (χ2v) is 9.20. The van der Waals surface area contributed by atoms with Crippen molar-refractivity contribution in [2.24, 2.45) is 0 Å². The summed E-state index contributed by atoms with van der Waals surface area (Å²) in [6.07, 6.45) is 0.680. The molecule has 6 nitrogen and oxygen atoms in total. The molecular formula is C24H32ClN3O3S2. The minimum absolute atomic E-state index is 0.239. The molecule has 1 N–H and O–H groups in total. The third-order valence-electron chi connectivity index (χ3n) is 3.85. The standard InChI is InChI=1S/C20H22ClN3O3S.C3H8.CH2S/c1-20(2,3)27-19(25)24-15-10-9-14(22-4)17(16(15)18(21)23-24)28-13-8-6-7-12(11-13)26-5;1-3-2;1-2/h6-11,22H,1-5H3;3H2,1-2H3;1H2. The average Bonchev–Trinajstić information content (AvgIpc) is 3.12. The number of thiocarbonyl (C=S) groups is 1. The second-order valence-electron chi connectivity index (χ2n) is 7.76. The van der Waals surface area contributed by atoms with Gasteiger partial charge in [-0.15, -0.1) is 5.10 Å². The van der Waals surface area contributed by atoms with E-state index < -0.39 is 11.7 Å². The highest BCUT2D eigenvalue weighted by molar-refractivity contribution is 7.99. The van der Waals surface area contributed by atoms with Crippen molar-refractivity contribution in [3.63, 3.8) is 0 Å². The molecule has 180 valence electrons. The Morgan fingerprint density at radius 3 is 2.42 bits per heavy atom. The number of benzene rings is 2. The summed E-state index contributed by atoms with van der Waals surface area (Å²) in [5.41, 5.74) is 0.833. The van der Waals surface area contributed by atoms with Gasteiger partial charge in [0.2, 0.25) is 0 Å². The SMILES string of the molecule is C=S.CCC.CNc1ccc2c(c(Cl)nn2C(=O)OC(C)(C)C)c1Sc1cccc(OC)c1. The summed E-state index contributed by atoms with van der Waals surface area (Å²) >= 11 is 11.8. The molecule has 0 amide bonds. The average molecular weight is 510 g/mol. The normalized spacial score (nSPS) is 10.4. The molecule has 2 aromatic carbocycles. The zero-order valence-corrected chi connectivity index (χ0v) is 22.6. The number of ether oxygens (including phenoxy) is 2. The van der Waals surface area contributed by atoms with Crippen LogP contribution in [0.5, 0.6) is 5.75 Å². The quantitative estimate of drug-likeness (QED) is 0.361. The summed E-state index contributed by atoms with van der Waals surface area (Å²) in [5, 5.41) is 8.33. The fraction of sp³-hybridized carbons (Fsp3) is 0.375. The van der Waals surface area contributed by atoms with Gasteiger partial charge in [-0.1, -0.05) is 61.9 Å². The maximum Gasteiger partial charge on any atom is 0.435 e. The monoisotopic (exact) mass is 509 g/mol. The molecule has 0 saturated heterocycles. The summed E-state index contributed by atoms with van der Waals surface area (Å²) in [5.74, 6) is 3.60. The zero-order valence-electron chi connectivity index (χ0n) is 20.2. The summed E-state index contributed by atoms with van der Waals surface area (Å²) in [4.78, 5) is 14.4. The van der Waals surface area contributed by atoms with Gasteiger partial charge < -0.3 is 14.8 Å². The number of carbonyl (C=O) groups is 1. The Morgan fingerprint density at radius 1 is 1.24 bits per heavy atom. The van der Waals surface area contributed by atoms with Crippen LogP contribution >= 0.6 is 35.6 Å². The van der Waals surface area contributed by atoms with Gasteiger partial charge in [0, 0.05) is 22.5 Å². The number of nitrogens with one attached hydrogen (secondary N) is 1. The number of aromatic nitrogens is 2. The number of methoxy groups -OCH3 is 1. The summed E-state index contributed by atoms with van der Waals surface area (Å²) in [7, 11) is 3.47. The highest BCUT2D eigenvalue weighted by Gasteiger charge is 2.24. The van der Waals surface area contributed by atoms with Gasteiger partial charge in [-0.05, 0) is 57.0 Å². The van der Waals surface area contributed by atoms with Gasteiger partial charge in [0.25, 0.3) is 0 Å². The van der Waals surface area contributed by atoms with E-state index in [-0.39, 0.29) is 5.15 Å². The number of fused-ring (bicyclic) bond motifs is 1. The number of hydrogen-bond donors (Lipinski definition) is 1. The Hall–Kier alpha value is -2.29. The van der Waals surface area contributed by atoms with Gasteiger partial charge in [0.1, 0.15) is 11.4 Å². The third-order valence-corrected chi connectivity index (χ3v) is 5.24. The smallest absolute Gasteiger partial charge is 0.435 e. The predicted octanol–water partition coefficient (Wildman–Crippen LogP) is 7.71. The molecule has 1 heterocycles. The second kappa shape index (κ2) is 13.4. The summed E-state index contributed by atoms with van der Waals surface area (Å²) in [6, 6.07) is 11.4. The number of nitrogens with zero attached hydrogens (tertiary/aromatic N) is 2. The van der Waals surface area contributed by atoms with Crippen LogP contribution in [0.25, 0.3) is 10.9 Å². The lowest BCUT2D eigenvalue weighted by atomic mass is 10.2. The van der Waals surface area contributed by atoms with Crippen molar-refractivity contribution in [3.8, 4) is 5.75 Å². The predicted molar refractivity (Wildman–Crippen MR) is 144 cm³/mol. The molecule has 0 aliphatic heterocycles. The van der Waals surface area contributed by atoms with Crippen molar-refractivity contribution in [1.29, 1.82) is 0 Å². The van der Waals surface area contributed by atoms with Crippen molar-refractivity contribution < 1.29 is 14.3 Å². The van der Waals surface area contributed by atoms with Crippen LogP contribution in [0, 0.1) is 0 Å². The van der Waals surface area contributed by atoms with Gasteiger partial charge in [-0.3, -0.25) is 0 Å². The molecule has 0 fully saturated rings. The Kier molecular flexibility index (Phi) is 11.7. The van der Waals surface area contributed by atoms with Crippen molar-refractivity contribution in [1.82, 2.24) is 9.78 Å². The first-order valence-corrected chi connectivity index (χ1v) is 12.1. The highest BCUT2D eigenvalue weighted by Crippen LogP contribution is 2.42. The molecular weight excluding hydrogens is 478 g/mol. The maximum absolute atomic E-state index is 12.6. The number of anilines is 1. The molecule has 9 heteroatoms. The summed E-state index contributed by atoms with van der Waals surface area (Å²) < 4.78 is 12.0. The summed E-state index contributed by atoms with van der Waals surface area (Å²) in [6.45, 7) is 9.67. The van der Waals surface area contributed by atoms with Crippen LogP contribution in [0.2, 0.25) is 5.15 Å². The van der Waals surface area contributed by atoms with Crippen LogP contribution in [0.15, 0.2) is 46.2 Å². The Labute approximate surface area is 211 Å². The molecule has 0 aliphatic rings. The van der Waals surface area contributed by atoms with E-state index in [0.29, 0.717) is 10.9 Å². The van der Waals surface area contributed by atoms with Gasteiger partial charge in [-0.25, -0.2) is 4.79 Å². The first-order chi connectivity index (χ1) is 15.6. The topological polar surface area (TPSA) is 65.4 Å². The van der Waals surface area contributed by atoms with Crippen molar-refractivity contribution in [2.75, 3.05) is 19.5 Å². The minimum atomic E-state index is -0.634. The van der Waals surface area contributed by atoms with E-state index in [1.165, 1.54) is 22.9 Å². The largest absolute Gasteiger partial charge is 0.497 e. The van der Waals surface area contributed by atoms with E-state index in [1.54, 1.807) is 33.9 Å². The van der Waals surface area contributed by atoms with Gasteiger partial charge in [0.05, 0.1) is 18.0 Å². The number of halogens is 1. The molecule has 0 bridgehead atoms. The van der Waals surface area contributed by atoms with E-state index >= 15 is 0 Å². The van der Waals surface area contributed by atoms with Crippen LogP contribution in [-0.2, 0) is 4.74 Å². The molecule has 0 aliphatic carbocycles. The van der Waals surface area contributed by atoms with E-state index in [4.69, 9.17) is 21.1 Å². The first-order valence-electron chi connectivity index (χ1n) is 10.4. The Bertz CT molecular complexity index is 1070. The van der Waals surface area contributed by atoms with Crippen LogP contribution in [0.3, 0.4) is 0 Å². The van der Waals surface area contributed by atoms with E-state index in [1.807, 2.05) is 37.4 Å². The molecule has 3 rings (SSSR count). The van der Waals surface area contributed by atoms with E-state index in [0.717, 1.165) is 21.2 Å². The highest BCUT2D eigenvalue weighted by atomic mass is 35.5. The van der Waals surface area contributed by atoms with Gasteiger partial charge in [0.15, 0.2) is 5.15 Å².